The van der Waals surface area contributed by atoms with Gasteiger partial charge in [-0.15, -0.1) is 11.8 Å². The van der Waals surface area contributed by atoms with E-state index in [9.17, 15) is 4.79 Å². The van der Waals surface area contributed by atoms with Crippen molar-refractivity contribution in [2.45, 2.75) is 37.0 Å². The summed E-state index contributed by atoms with van der Waals surface area (Å²) in [7, 11) is 0. The fourth-order valence-corrected chi connectivity index (χ4v) is 5.71. The topological polar surface area (TPSA) is 36.4 Å². The zero-order chi connectivity index (χ0) is 15.2. The van der Waals surface area contributed by atoms with Crippen molar-refractivity contribution in [3.8, 4) is 0 Å². The lowest BCUT2D eigenvalue weighted by atomic mass is 9.91. The van der Waals surface area contributed by atoms with Crippen LogP contribution in [0.2, 0.25) is 0 Å². The summed E-state index contributed by atoms with van der Waals surface area (Å²) in [5.74, 6) is 1.35. The Kier molecular flexibility index (Phi) is 3.65. The molecule has 1 amide bonds. The molecule has 0 aliphatic carbocycles. The molecule has 1 unspecified atom stereocenters. The number of aromatic nitrogens is 1. The van der Waals surface area contributed by atoms with E-state index in [4.69, 9.17) is 0 Å². The van der Waals surface area contributed by atoms with Crippen molar-refractivity contribution in [3.05, 3.63) is 29.6 Å². The van der Waals surface area contributed by atoms with E-state index in [0.717, 1.165) is 24.7 Å². The molecule has 1 atom stereocenters. The van der Waals surface area contributed by atoms with Gasteiger partial charge in [0.25, 0.3) is 5.91 Å². The van der Waals surface area contributed by atoms with Crippen LogP contribution in [0.3, 0.4) is 0 Å². The van der Waals surface area contributed by atoms with Gasteiger partial charge in [-0.2, -0.15) is 0 Å². The van der Waals surface area contributed by atoms with Crippen molar-refractivity contribution in [1.82, 2.24) is 14.8 Å². The number of aryl methyl sites for hydroxylation is 1. The largest absolute Gasteiger partial charge is 0.334 e. The predicted molar refractivity (Wildman–Crippen MR) is 89.3 cm³/mol. The van der Waals surface area contributed by atoms with Crippen LogP contribution in [0.1, 0.15) is 35.3 Å². The second kappa shape index (κ2) is 5.53. The van der Waals surface area contributed by atoms with Crippen molar-refractivity contribution < 1.29 is 4.79 Å². The van der Waals surface area contributed by atoms with Crippen molar-refractivity contribution >= 4 is 17.7 Å². The van der Waals surface area contributed by atoms with E-state index in [0.29, 0.717) is 10.4 Å². The van der Waals surface area contributed by atoms with Gasteiger partial charge in [-0.1, -0.05) is 6.07 Å². The van der Waals surface area contributed by atoms with E-state index >= 15 is 0 Å². The van der Waals surface area contributed by atoms with E-state index in [-0.39, 0.29) is 5.91 Å². The van der Waals surface area contributed by atoms with Crippen molar-refractivity contribution in [2.24, 2.45) is 0 Å². The fourth-order valence-electron chi connectivity index (χ4n) is 4.03. The van der Waals surface area contributed by atoms with E-state index < -0.39 is 0 Å². The number of carbonyl (C=O) groups is 1. The molecule has 118 valence electrons. The highest BCUT2D eigenvalue weighted by atomic mass is 32.2. The van der Waals surface area contributed by atoms with Gasteiger partial charge in [-0.25, -0.2) is 0 Å². The quantitative estimate of drug-likeness (QED) is 0.838. The van der Waals surface area contributed by atoms with E-state index in [2.05, 4.69) is 21.6 Å². The Hall–Kier alpha value is -1.07. The molecule has 4 nitrogen and oxygen atoms in total. The number of carbonyl (C=O) groups excluding carboxylic acids is 1. The van der Waals surface area contributed by atoms with Crippen LogP contribution in [-0.4, -0.2) is 63.4 Å². The molecule has 0 N–H and O–H groups in total. The lowest BCUT2D eigenvalue weighted by Crippen LogP contribution is -2.61. The van der Waals surface area contributed by atoms with Crippen molar-refractivity contribution in [3.63, 3.8) is 0 Å². The van der Waals surface area contributed by atoms with Crippen LogP contribution in [0.25, 0.3) is 0 Å². The Balaban J connectivity index is 1.38. The Morgan fingerprint density at radius 1 is 1.36 bits per heavy atom. The molecule has 3 aliphatic rings. The highest BCUT2D eigenvalue weighted by Crippen LogP contribution is 2.47. The molecule has 0 aromatic carbocycles. The molecule has 5 heteroatoms. The van der Waals surface area contributed by atoms with Crippen LogP contribution in [0.15, 0.2) is 18.3 Å². The summed E-state index contributed by atoms with van der Waals surface area (Å²) >= 11 is 2.09. The molecule has 0 saturated carbocycles. The van der Waals surface area contributed by atoms with E-state index in [1.807, 2.05) is 24.0 Å². The first-order valence-electron chi connectivity index (χ1n) is 8.26. The molecule has 3 saturated heterocycles. The van der Waals surface area contributed by atoms with Gasteiger partial charge in [0.2, 0.25) is 0 Å². The van der Waals surface area contributed by atoms with Crippen molar-refractivity contribution in [1.29, 1.82) is 0 Å². The van der Waals surface area contributed by atoms with Gasteiger partial charge < -0.3 is 4.90 Å². The maximum atomic E-state index is 12.6. The third kappa shape index (κ3) is 2.44. The van der Waals surface area contributed by atoms with Crippen molar-refractivity contribution in [2.75, 3.05) is 31.9 Å². The zero-order valence-electron chi connectivity index (χ0n) is 13.1. The summed E-state index contributed by atoms with van der Waals surface area (Å²) in [5, 5.41) is 0. The Morgan fingerprint density at radius 3 is 2.86 bits per heavy atom. The fraction of sp³-hybridized carbons (Fsp3) is 0.647. The molecule has 1 aromatic rings. The number of nitrogens with zero attached hydrogens (tertiary/aromatic N) is 3. The second-order valence-corrected chi connectivity index (χ2v) is 8.41. The zero-order valence-corrected chi connectivity index (χ0v) is 13.9. The maximum absolute atomic E-state index is 12.6. The molecule has 1 aromatic heterocycles. The normalized spacial score (nSPS) is 27.3. The molecular formula is C17H23N3OS. The van der Waals surface area contributed by atoms with Gasteiger partial charge in [-0.3, -0.25) is 14.7 Å². The van der Waals surface area contributed by atoms with Gasteiger partial charge >= 0.3 is 0 Å². The minimum atomic E-state index is 0.106. The summed E-state index contributed by atoms with van der Waals surface area (Å²) in [6.45, 7) is 6.31. The monoisotopic (exact) mass is 317 g/mol. The molecule has 0 bridgehead atoms. The van der Waals surface area contributed by atoms with Crippen LogP contribution in [0.5, 0.6) is 0 Å². The van der Waals surface area contributed by atoms with Crippen LogP contribution in [0.4, 0.5) is 0 Å². The summed E-state index contributed by atoms with van der Waals surface area (Å²) in [6.07, 6.45) is 5.68. The van der Waals surface area contributed by atoms with Gasteiger partial charge in [-0.05, 0) is 50.9 Å². The first-order chi connectivity index (χ1) is 10.7. The molecule has 22 heavy (non-hydrogen) atoms. The number of hydrogen-bond donors (Lipinski definition) is 0. The average molecular weight is 317 g/mol. The maximum Gasteiger partial charge on any atom is 0.272 e. The Morgan fingerprint density at radius 2 is 2.14 bits per heavy atom. The number of hydrogen-bond acceptors (Lipinski definition) is 4. The summed E-state index contributed by atoms with van der Waals surface area (Å²) in [4.78, 5) is 21.5. The lowest BCUT2D eigenvalue weighted by molar-refractivity contribution is 0.0526. The highest BCUT2D eigenvalue weighted by Gasteiger charge is 2.52. The van der Waals surface area contributed by atoms with Gasteiger partial charge in [0.15, 0.2) is 0 Å². The summed E-state index contributed by atoms with van der Waals surface area (Å²) < 4.78 is 0.325. The van der Waals surface area contributed by atoms with E-state index in [1.165, 1.54) is 38.1 Å². The van der Waals surface area contributed by atoms with Gasteiger partial charge in [0.1, 0.15) is 5.69 Å². The number of thioether (sulfide) groups is 1. The van der Waals surface area contributed by atoms with Gasteiger partial charge in [0, 0.05) is 31.1 Å². The number of rotatable bonds is 2. The van der Waals surface area contributed by atoms with Gasteiger partial charge in [0.05, 0.1) is 4.75 Å². The molecule has 3 aliphatic heterocycles. The summed E-state index contributed by atoms with van der Waals surface area (Å²) in [5.41, 5.74) is 1.60. The standard InChI is InChI=1S/C17H23N3OS/c1-13-5-4-6-18-15(13)16(21)20-11-17(12-20)9-14(10-22-17)19-7-2-3-8-19/h4-6,14H,2-3,7-12H2,1H3. The molecule has 0 radical (unpaired) electrons. The highest BCUT2D eigenvalue weighted by molar-refractivity contribution is 8.01. The SMILES string of the molecule is Cc1cccnc1C(=O)N1CC2(CC(N3CCCC3)CS2)C1. The minimum absolute atomic E-state index is 0.106. The average Bonchev–Trinajstić information content (AvgIpc) is 3.14. The molecule has 1 spiro atoms. The second-order valence-electron chi connectivity index (χ2n) is 6.93. The van der Waals surface area contributed by atoms with Crippen LogP contribution < -0.4 is 0 Å². The Labute approximate surface area is 136 Å². The molecule has 3 fully saturated rings. The summed E-state index contributed by atoms with van der Waals surface area (Å²) in [6, 6.07) is 4.59. The van der Waals surface area contributed by atoms with Crippen LogP contribution in [0, 0.1) is 6.92 Å². The van der Waals surface area contributed by atoms with Crippen LogP contribution >= 0.6 is 11.8 Å². The minimum Gasteiger partial charge on any atom is -0.334 e. The number of pyridine rings is 1. The first kappa shape index (κ1) is 14.5. The first-order valence-corrected chi connectivity index (χ1v) is 9.24. The third-order valence-electron chi connectivity index (χ3n) is 5.30. The number of likely N-dealkylation sites (tertiary alicyclic amines) is 2. The lowest BCUT2D eigenvalue weighted by Gasteiger charge is -2.47. The molecular weight excluding hydrogens is 294 g/mol. The third-order valence-corrected chi connectivity index (χ3v) is 6.89. The Bertz CT molecular complexity index is 579. The van der Waals surface area contributed by atoms with Crippen LogP contribution in [-0.2, 0) is 0 Å². The smallest absolute Gasteiger partial charge is 0.272 e. The predicted octanol–water partition coefficient (Wildman–Crippen LogP) is 2.19. The van der Waals surface area contributed by atoms with E-state index in [1.54, 1.807) is 6.20 Å². The molecule has 4 heterocycles. The molecule has 4 rings (SSSR count). The number of amides is 1.